The Morgan fingerprint density at radius 1 is 0.920 bits per heavy atom. The molecule has 0 spiro atoms. The van der Waals surface area contributed by atoms with E-state index in [1.807, 2.05) is 0 Å². The Morgan fingerprint density at radius 2 is 1.48 bits per heavy atom. The molecular weight excluding hydrogens is 338 g/mol. The third-order valence-electron chi connectivity index (χ3n) is 3.31. The fourth-order valence-corrected chi connectivity index (χ4v) is 2.50. The van der Waals surface area contributed by atoms with E-state index in [-0.39, 0.29) is 6.61 Å². The van der Waals surface area contributed by atoms with Crippen LogP contribution in [0.2, 0.25) is 0 Å². The van der Waals surface area contributed by atoms with E-state index in [2.05, 4.69) is 5.32 Å². The molecule has 1 fully saturated rings. The molecule has 10 heteroatoms. The molecule has 10 nitrogen and oxygen atoms in total. The minimum atomic E-state index is -1.07. The van der Waals surface area contributed by atoms with E-state index in [4.69, 9.17) is 23.7 Å². The summed E-state index contributed by atoms with van der Waals surface area (Å²) in [5.41, 5.74) is 0. The molecule has 1 N–H and O–H groups in total. The summed E-state index contributed by atoms with van der Waals surface area (Å²) in [5, 5.41) is 2.58. The lowest BCUT2D eigenvalue weighted by atomic mass is 9.95. The summed E-state index contributed by atoms with van der Waals surface area (Å²) in [5.74, 6) is -2.28. The molecule has 0 radical (unpaired) electrons. The molecule has 0 unspecified atom stereocenters. The number of ether oxygens (including phenoxy) is 5. The highest BCUT2D eigenvalue weighted by molar-refractivity contribution is 5.74. The highest BCUT2D eigenvalue weighted by Crippen LogP contribution is 2.27. The van der Waals surface area contributed by atoms with E-state index in [1.165, 1.54) is 34.8 Å². The first-order chi connectivity index (χ1) is 11.6. The summed E-state index contributed by atoms with van der Waals surface area (Å²) in [6.07, 6.45) is -4.12. The predicted octanol–water partition coefficient (Wildman–Crippen LogP) is -0.711. The Morgan fingerprint density at radius 3 is 1.92 bits per heavy atom. The van der Waals surface area contributed by atoms with Gasteiger partial charge in [0.15, 0.2) is 18.5 Å². The summed E-state index contributed by atoms with van der Waals surface area (Å²) in [6.45, 7) is 4.59. The summed E-state index contributed by atoms with van der Waals surface area (Å²) < 4.78 is 26.1. The first-order valence-electron chi connectivity index (χ1n) is 7.58. The lowest BCUT2D eigenvalue weighted by Crippen LogP contribution is -2.66. The van der Waals surface area contributed by atoms with E-state index >= 15 is 0 Å². The molecule has 1 amide bonds. The molecule has 0 saturated carbocycles. The van der Waals surface area contributed by atoms with Crippen molar-refractivity contribution in [3.05, 3.63) is 0 Å². The van der Waals surface area contributed by atoms with Crippen LogP contribution in [-0.2, 0) is 42.9 Å². The third-order valence-corrected chi connectivity index (χ3v) is 3.31. The number of carbonyl (C=O) groups is 4. The molecule has 5 atom stereocenters. The van der Waals surface area contributed by atoms with Gasteiger partial charge in [0, 0.05) is 34.8 Å². The molecule has 0 aromatic heterocycles. The van der Waals surface area contributed by atoms with Gasteiger partial charge in [0.05, 0.1) is 0 Å². The zero-order chi connectivity index (χ0) is 19.1. The Labute approximate surface area is 145 Å². The number of esters is 3. The molecule has 0 aliphatic carbocycles. The van der Waals surface area contributed by atoms with Crippen LogP contribution < -0.4 is 5.32 Å². The van der Waals surface area contributed by atoms with E-state index in [0.717, 1.165) is 0 Å². The number of carbonyl (C=O) groups excluding carboxylic acids is 4. The van der Waals surface area contributed by atoms with Crippen LogP contribution in [-0.4, -0.2) is 68.2 Å². The molecule has 0 aromatic carbocycles. The lowest BCUT2D eigenvalue weighted by Gasteiger charge is -2.44. The highest BCUT2D eigenvalue weighted by atomic mass is 16.7. The Bertz CT molecular complexity index is 521. The lowest BCUT2D eigenvalue weighted by molar-refractivity contribution is -0.279. The average molecular weight is 361 g/mol. The van der Waals surface area contributed by atoms with E-state index in [9.17, 15) is 19.2 Å². The smallest absolute Gasteiger partial charge is 0.303 e. The standard InChI is InChI=1S/C15H23NO9/c1-7(17)16-12-13(23-9(3)19)11(6-22-8(2)18)25-15(21-5)14(12)24-10(4)20/h11-15H,6H2,1-5H3,(H,16,17)/t11-,12+,13-,14-,15+/m1/s1. The van der Waals surface area contributed by atoms with Crippen LogP contribution in [0, 0.1) is 0 Å². The third kappa shape index (κ3) is 6.31. The molecular formula is C15H23NO9. The second kappa shape index (κ2) is 9.33. The number of hydrogen-bond donors (Lipinski definition) is 1. The van der Waals surface area contributed by atoms with Crippen molar-refractivity contribution in [3.63, 3.8) is 0 Å². The van der Waals surface area contributed by atoms with Crippen LogP contribution >= 0.6 is 0 Å². The van der Waals surface area contributed by atoms with Crippen molar-refractivity contribution in [3.8, 4) is 0 Å². The van der Waals surface area contributed by atoms with Crippen LogP contribution in [0.15, 0.2) is 0 Å². The van der Waals surface area contributed by atoms with Crippen molar-refractivity contribution in [1.82, 2.24) is 5.32 Å². The van der Waals surface area contributed by atoms with E-state index in [1.54, 1.807) is 0 Å². The molecule has 25 heavy (non-hydrogen) atoms. The monoisotopic (exact) mass is 361 g/mol. The van der Waals surface area contributed by atoms with Crippen molar-refractivity contribution in [1.29, 1.82) is 0 Å². The van der Waals surface area contributed by atoms with E-state index < -0.39 is 54.5 Å². The normalized spacial score (nSPS) is 28.6. The van der Waals surface area contributed by atoms with Crippen molar-refractivity contribution < 1.29 is 42.9 Å². The van der Waals surface area contributed by atoms with Gasteiger partial charge in [-0.15, -0.1) is 0 Å². The van der Waals surface area contributed by atoms with Gasteiger partial charge in [-0.1, -0.05) is 0 Å². The van der Waals surface area contributed by atoms with Gasteiger partial charge in [-0.25, -0.2) is 0 Å². The molecule has 1 saturated heterocycles. The zero-order valence-corrected chi connectivity index (χ0v) is 14.8. The van der Waals surface area contributed by atoms with Gasteiger partial charge in [0.1, 0.15) is 18.8 Å². The molecule has 142 valence electrons. The van der Waals surface area contributed by atoms with Gasteiger partial charge in [-0.05, 0) is 0 Å². The maximum absolute atomic E-state index is 11.6. The van der Waals surface area contributed by atoms with Gasteiger partial charge < -0.3 is 29.0 Å². The Kier molecular flexibility index (Phi) is 7.78. The number of rotatable bonds is 6. The molecule has 0 aromatic rings. The van der Waals surface area contributed by atoms with E-state index in [0.29, 0.717) is 0 Å². The average Bonchev–Trinajstić information content (AvgIpc) is 2.48. The number of nitrogens with one attached hydrogen (secondary N) is 1. The van der Waals surface area contributed by atoms with Gasteiger partial charge >= 0.3 is 17.9 Å². The summed E-state index contributed by atoms with van der Waals surface area (Å²) in [4.78, 5) is 45.5. The van der Waals surface area contributed by atoms with Gasteiger partial charge in [0.25, 0.3) is 0 Å². The topological polar surface area (TPSA) is 126 Å². The Hall–Kier alpha value is -2.20. The summed E-state index contributed by atoms with van der Waals surface area (Å²) in [6, 6.07) is -0.954. The second-order valence-corrected chi connectivity index (χ2v) is 5.46. The second-order valence-electron chi connectivity index (χ2n) is 5.46. The summed E-state index contributed by atoms with van der Waals surface area (Å²) >= 11 is 0. The van der Waals surface area contributed by atoms with Crippen LogP contribution in [0.25, 0.3) is 0 Å². The van der Waals surface area contributed by atoms with Crippen LogP contribution in [0.3, 0.4) is 0 Å². The predicted molar refractivity (Wildman–Crippen MR) is 81.0 cm³/mol. The minimum Gasteiger partial charge on any atom is -0.463 e. The number of hydrogen-bond acceptors (Lipinski definition) is 9. The van der Waals surface area contributed by atoms with Crippen LogP contribution in [0.4, 0.5) is 0 Å². The fourth-order valence-electron chi connectivity index (χ4n) is 2.50. The highest BCUT2D eigenvalue weighted by Gasteiger charge is 2.50. The molecule has 1 rings (SSSR count). The van der Waals surface area contributed by atoms with Crippen molar-refractivity contribution >= 4 is 23.8 Å². The van der Waals surface area contributed by atoms with Crippen molar-refractivity contribution in [2.45, 2.75) is 58.3 Å². The number of methoxy groups -OCH3 is 1. The van der Waals surface area contributed by atoms with Crippen LogP contribution in [0.5, 0.6) is 0 Å². The quantitative estimate of drug-likeness (QED) is 0.482. The molecule has 1 aliphatic heterocycles. The van der Waals surface area contributed by atoms with Gasteiger partial charge in [0.2, 0.25) is 5.91 Å². The minimum absolute atomic E-state index is 0.240. The number of amides is 1. The first-order valence-corrected chi connectivity index (χ1v) is 7.58. The molecule has 1 heterocycles. The SMILES string of the molecule is CO[C@H]1O[C@H](COC(C)=O)[C@@H](OC(C)=O)[C@H](NC(C)=O)[C@H]1OC(C)=O. The largest absolute Gasteiger partial charge is 0.463 e. The first kappa shape index (κ1) is 20.8. The van der Waals surface area contributed by atoms with Gasteiger partial charge in [-0.2, -0.15) is 0 Å². The molecule has 1 aliphatic rings. The van der Waals surface area contributed by atoms with Crippen molar-refractivity contribution in [2.75, 3.05) is 13.7 Å². The summed E-state index contributed by atoms with van der Waals surface area (Å²) in [7, 11) is 1.32. The maximum Gasteiger partial charge on any atom is 0.303 e. The fraction of sp³-hybridized carbons (Fsp3) is 0.733. The Balaban J connectivity index is 3.18. The molecule has 0 bridgehead atoms. The maximum atomic E-state index is 11.6. The van der Waals surface area contributed by atoms with Gasteiger partial charge in [-0.3, -0.25) is 19.2 Å². The van der Waals surface area contributed by atoms with Crippen molar-refractivity contribution in [2.24, 2.45) is 0 Å². The zero-order valence-electron chi connectivity index (χ0n) is 14.8. The van der Waals surface area contributed by atoms with Crippen LogP contribution in [0.1, 0.15) is 27.7 Å².